The summed E-state index contributed by atoms with van der Waals surface area (Å²) in [6.07, 6.45) is 0. The minimum absolute atomic E-state index is 0.0631. The van der Waals surface area contributed by atoms with Gasteiger partial charge in [0.2, 0.25) is 0 Å². The SMILES string of the molecule is CCN(CC)B(/C(C(=O)O)=[C](/C(=O)O)[Sn]([CH3])([CH3])[CH3])N(CC)CC. The van der Waals surface area contributed by atoms with Crippen LogP contribution in [-0.2, 0) is 9.59 Å². The minimum atomic E-state index is -3.14. The van der Waals surface area contributed by atoms with E-state index < -0.39 is 37.3 Å². The Morgan fingerprint density at radius 1 is 0.826 bits per heavy atom. The van der Waals surface area contributed by atoms with Gasteiger partial charge in [-0.1, -0.05) is 0 Å². The molecule has 0 aliphatic heterocycles. The molecule has 0 atom stereocenters. The van der Waals surface area contributed by atoms with Gasteiger partial charge in [-0.15, -0.1) is 0 Å². The molecule has 0 aromatic carbocycles. The van der Waals surface area contributed by atoms with Crippen LogP contribution in [0, 0.1) is 0 Å². The van der Waals surface area contributed by atoms with E-state index >= 15 is 0 Å². The third-order valence-corrected chi connectivity index (χ3v) is 9.70. The predicted octanol–water partition coefficient (Wildman–Crippen LogP) is 2.04. The fraction of sp³-hybridized carbons (Fsp3) is 0.733. The van der Waals surface area contributed by atoms with Crippen LogP contribution in [-0.4, -0.2) is 83.3 Å². The maximum absolute atomic E-state index is 12.1. The molecule has 0 saturated carbocycles. The Labute approximate surface area is 144 Å². The van der Waals surface area contributed by atoms with E-state index in [-0.39, 0.29) is 9.06 Å². The first-order valence-electron chi connectivity index (χ1n) is 8.25. The zero-order valence-electron chi connectivity index (χ0n) is 15.5. The van der Waals surface area contributed by atoms with Crippen molar-refractivity contribution >= 4 is 37.3 Å². The summed E-state index contributed by atoms with van der Waals surface area (Å²) >= 11 is -3.14. The van der Waals surface area contributed by atoms with Crippen molar-refractivity contribution in [3.8, 4) is 0 Å². The monoisotopic (exact) mass is 434 g/mol. The van der Waals surface area contributed by atoms with Gasteiger partial charge in [-0.2, -0.15) is 0 Å². The van der Waals surface area contributed by atoms with Gasteiger partial charge in [-0.05, 0) is 0 Å². The van der Waals surface area contributed by atoms with Crippen LogP contribution < -0.4 is 0 Å². The molecule has 0 amide bonds. The first kappa shape index (κ1) is 22.5. The van der Waals surface area contributed by atoms with Gasteiger partial charge in [0.25, 0.3) is 0 Å². The predicted molar refractivity (Wildman–Crippen MR) is 97.2 cm³/mol. The average Bonchev–Trinajstić information content (AvgIpc) is 2.43. The van der Waals surface area contributed by atoms with Gasteiger partial charge in [-0.25, -0.2) is 0 Å². The summed E-state index contributed by atoms with van der Waals surface area (Å²) in [5.41, 5.74) is 0.0631. The van der Waals surface area contributed by atoms with Crippen LogP contribution in [0.1, 0.15) is 27.7 Å². The second-order valence-electron chi connectivity index (χ2n) is 6.47. The topological polar surface area (TPSA) is 81.1 Å². The Bertz CT molecular complexity index is 443. The van der Waals surface area contributed by atoms with Gasteiger partial charge in [0.1, 0.15) is 0 Å². The number of hydrogen-bond donors (Lipinski definition) is 2. The van der Waals surface area contributed by atoms with Crippen LogP contribution >= 0.6 is 0 Å². The number of aliphatic carboxylic acids is 2. The van der Waals surface area contributed by atoms with Crippen molar-refractivity contribution in [1.82, 2.24) is 9.62 Å². The zero-order chi connectivity index (χ0) is 18.4. The zero-order valence-corrected chi connectivity index (χ0v) is 18.4. The van der Waals surface area contributed by atoms with E-state index in [1.165, 1.54) is 0 Å². The second-order valence-corrected chi connectivity index (χ2v) is 20.7. The normalized spacial score (nSPS) is 13.3. The van der Waals surface area contributed by atoms with Crippen molar-refractivity contribution in [2.45, 2.75) is 42.5 Å². The molecule has 0 aromatic heterocycles. The molecule has 6 nitrogen and oxygen atoms in total. The van der Waals surface area contributed by atoms with Crippen LogP contribution in [0.15, 0.2) is 9.06 Å². The molecule has 0 aliphatic rings. The third-order valence-electron chi connectivity index (χ3n) is 4.04. The van der Waals surface area contributed by atoms with E-state index in [1.807, 2.05) is 52.1 Å². The average molecular weight is 433 g/mol. The van der Waals surface area contributed by atoms with Gasteiger partial charge < -0.3 is 0 Å². The van der Waals surface area contributed by atoms with Gasteiger partial charge in [0.15, 0.2) is 0 Å². The van der Waals surface area contributed by atoms with E-state index in [4.69, 9.17) is 0 Å². The molecular weight excluding hydrogens is 402 g/mol. The fourth-order valence-electron chi connectivity index (χ4n) is 2.92. The Balaban J connectivity index is 6.59. The number of nitrogens with zero attached hydrogens (tertiary/aromatic N) is 2. The number of carboxylic acid groups (broad SMARTS) is 2. The van der Waals surface area contributed by atoms with Gasteiger partial charge in [0, 0.05) is 0 Å². The van der Waals surface area contributed by atoms with Crippen molar-refractivity contribution in [1.29, 1.82) is 0 Å². The van der Waals surface area contributed by atoms with E-state index in [2.05, 4.69) is 0 Å². The Morgan fingerprint density at radius 2 is 1.17 bits per heavy atom. The van der Waals surface area contributed by atoms with Crippen molar-refractivity contribution in [2.75, 3.05) is 26.2 Å². The molecule has 0 unspecified atom stereocenters. The second kappa shape index (κ2) is 9.69. The van der Waals surface area contributed by atoms with E-state index in [0.29, 0.717) is 26.2 Å². The van der Waals surface area contributed by atoms with Crippen molar-refractivity contribution in [2.24, 2.45) is 0 Å². The van der Waals surface area contributed by atoms with Gasteiger partial charge >= 0.3 is 144 Å². The molecule has 2 N–H and O–H groups in total. The molecule has 0 saturated heterocycles. The number of hydrogen-bond acceptors (Lipinski definition) is 4. The quantitative estimate of drug-likeness (QED) is 0.406. The van der Waals surface area contributed by atoms with Gasteiger partial charge in [-0.3, -0.25) is 0 Å². The number of carboxylic acids is 2. The summed E-state index contributed by atoms with van der Waals surface area (Å²) in [4.78, 5) is 33.8. The summed E-state index contributed by atoms with van der Waals surface area (Å²) in [7, 11) is 0. The molecule has 0 radical (unpaired) electrons. The van der Waals surface area contributed by atoms with Crippen LogP contribution in [0.2, 0.25) is 14.8 Å². The molecule has 0 rings (SSSR count). The summed E-state index contributed by atoms with van der Waals surface area (Å²) < 4.78 is 0.176. The molecule has 23 heavy (non-hydrogen) atoms. The molecule has 0 spiro atoms. The summed E-state index contributed by atoms with van der Waals surface area (Å²) in [6, 6.07) is 0. The maximum atomic E-state index is 12.1. The van der Waals surface area contributed by atoms with Crippen LogP contribution in [0.25, 0.3) is 0 Å². The first-order chi connectivity index (χ1) is 10.6. The number of rotatable bonds is 10. The van der Waals surface area contributed by atoms with E-state index in [0.717, 1.165) is 0 Å². The van der Waals surface area contributed by atoms with Crippen molar-refractivity contribution < 1.29 is 19.8 Å². The molecule has 0 fully saturated rings. The van der Waals surface area contributed by atoms with Crippen LogP contribution in [0.5, 0.6) is 0 Å². The number of carbonyl (C=O) groups is 2. The van der Waals surface area contributed by atoms with E-state index in [9.17, 15) is 19.8 Å². The molecule has 132 valence electrons. The molecular formula is C15H31BN2O4Sn. The molecule has 0 aliphatic carbocycles. The Hall–Kier alpha value is -0.536. The summed E-state index contributed by atoms with van der Waals surface area (Å²) in [6.45, 7) is 10.1. The molecule has 0 aromatic rings. The standard InChI is InChI=1S/C12H22BN2O4.3CH3.Sn/c1-5-14(6-2)13(15(7-3)8-4)10(12(18)19)9-11(16)17;;;;/h5-8H2,1-4H3,(H,16,17)(H,18,19);3*1H3;. The van der Waals surface area contributed by atoms with Crippen LogP contribution in [0.3, 0.4) is 0 Å². The van der Waals surface area contributed by atoms with Crippen LogP contribution in [0.4, 0.5) is 0 Å². The Morgan fingerprint density at radius 3 is 1.35 bits per heavy atom. The molecule has 8 heteroatoms. The molecule has 0 bridgehead atoms. The van der Waals surface area contributed by atoms with Crippen molar-refractivity contribution in [3.05, 3.63) is 9.06 Å². The van der Waals surface area contributed by atoms with Gasteiger partial charge in [0.05, 0.1) is 0 Å². The summed E-state index contributed by atoms with van der Waals surface area (Å²) in [5.74, 6) is -2.19. The summed E-state index contributed by atoms with van der Waals surface area (Å²) in [5, 5.41) is 19.6. The fourth-order valence-corrected chi connectivity index (χ4v) is 7.73. The Kier molecular flexibility index (Phi) is 9.46. The molecule has 0 heterocycles. The third kappa shape index (κ3) is 5.79. The van der Waals surface area contributed by atoms with Crippen molar-refractivity contribution in [3.63, 3.8) is 0 Å². The first-order valence-corrected chi connectivity index (χ1v) is 18.2. The van der Waals surface area contributed by atoms with E-state index in [1.54, 1.807) is 0 Å².